The van der Waals surface area contributed by atoms with Gasteiger partial charge in [-0.15, -0.1) is 0 Å². The number of carbonyl (C=O) groups is 2. The second-order valence-electron chi connectivity index (χ2n) is 4.69. The fraction of sp³-hybridized carbons (Fsp3) is 0.375. The highest BCUT2D eigenvalue weighted by Gasteiger charge is 2.34. The van der Waals surface area contributed by atoms with Gasteiger partial charge in [-0.3, -0.25) is 14.5 Å². The number of benzene rings is 1. The Bertz CT molecular complexity index is 569. The van der Waals surface area contributed by atoms with Crippen LogP contribution in [0.15, 0.2) is 29.2 Å². The zero-order chi connectivity index (χ0) is 15.9. The van der Waals surface area contributed by atoms with E-state index in [4.69, 9.17) is 4.74 Å². The molecule has 1 N–H and O–H groups in total. The highest BCUT2D eigenvalue weighted by atomic mass is 32.2. The Morgan fingerprint density at radius 3 is 2.59 bits per heavy atom. The van der Waals surface area contributed by atoms with E-state index in [1.165, 1.54) is 4.90 Å². The molecule has 1 aliphatic heterocycles. The van der Waals surface area contributed by atoms with E-state index in [-0.39, 0.29) is 11.1 Å². The van der Waals surface area contributed by atoms with Crippen molar-refractivity contribution in [3.63, 3.8) is 0 Å². The zero-order valence-corrected chi connectivity index (χ0v) is 13.6. The van der Waals surface area contributed by atoms with E-state index in [0.717, 1.165) is 29.6 Å². The first-order chi connectivity index (χ1) is 10.7. The van der Waals surface area contributed by atoms with Crippen LogP contribution >= 0.6 is 11.8 Å². The van der Waals surface area contributed by atoms with E-state index in [0.29, 0.717) is 24.6 Å². The zero-order valence-electron chi connectivity index (χ0n) is 12.8. The average Bonchev–Trinajstić information content (AvgIpc) is 2.77. The van der Waals surface area contributed by atoms with Gasteiger partial charge in [-0.25, -0.2) is 0 Å². The minimum Gasteiger partial charge on any atom is -0.494 e. The molecule has 0 aromatic heterocycles. The van der Waals surface area contributed by atoms with Gasteiger partial charge in [-0.1, -0.05) is 19.1 Å². The lowest BCUT2D eigenvalue weighted by Crippen LogP contribution is -2.35. The Balaban J connectivity index is 2.05. The normalized spacial score (nSPS) is 16.6. The van der Waals surface area contributed by atoms with Crippen LogP contribution in [-0.4, -0.2) is 42.3 Å². The molecule has 118 valence electrons. The van der Waals surface area contributed by atoms with E-state index in [9.17, 15) is 9.59 Å². The summed E-state index contributed by atoms with van der Waals surface area (Å²) in [6.45, 7) is 6.36. The third-order valence-corrected chi connectivity index (χ3v) is 4.03. The van der Waals surface area contributed by atoms with Crippen LogP contribution in [0, 0.1) is 0 Å². The van der Waals surface area contributed by atoms with Crippen molar-refractivity contribution in [3.8, 4) is 5.75 Å². The number of rotatable bonds is 7. The largest absolute Gasteiger partial charge is 0.494 e. The molecular formula is C16H20N2O3S. The summed E-state index contributed by atoms with van der Waals surface area (Å²) in [4.78, 5) is 25.9. The van der Waals surface area contributed by atoms with Gasteiger partial charge in [0.15, 0.2) is 0 Å². The fourth-order valence-electron chi connectivity index (χ4n) is 2.04. The van der Waals surface area contributed by atoms with Crippen molar-refractivity contribution < 1.29 is 14.3 Å². The van der Waals surface area contributed by atoms with Crippen LogP contribution in [-0.2, 0) is 4.79 Å². The number of likely N-dealkylation sites (N-methyl/N-ethyl adjacent to an activating group) is 1. The molecule has 1 heterocycles. The summed E-state index contributed by atoms with van der Waals surface area (Å²) >= 11 is 0.989. The summed E-state index contributed by atoms with van der Waals surface area (Å²) in [5.41, 5.74) is 0.876. The molecule has 1 saturated heterocycles. The van der Waals surface area contributed by atoms with Crippen molar-refractivity contribution in [2.24, 2.45) is 0 Å². The van der Waals surface area contributed by atoms with E-state index in [1.807, 2.05) is 38.1 Å². The maximum Gasteiger partial charge on any atom is 0.293 e. The molecule has 0 saturated carbocycles. The number of nitrogens with one attached hydrogen (secondary N) is 1. The highest BCUT2D eigenvalue weighted by molar-refractivity contribution is 8.18. The van der Waals surface area contributed by atoms with E-state index < -0.39 is 0 Å². The smallest absolute Gasteiger partial charge is 0.293 e. The number of hydrogen-bond donors (Lipinski definition) is 1. The number of carbonyl (C=O) groups excluding carboxylic acids is 2. The van der Waals surface area contributed by atoms with Gasteiger partial charge in [0.25, 0.3) is 11.1 Å². The van der Waals surface area contributed by atoms with Crippen LogP contribution in [0.2, 0.25) is 0 Å². The Labute approximate surface area is 134 Å². The minimum absolute atomic E-state index is 0.208. The molecule has 0 bridgehead atoms. The summed E-state index contributed by atoms with van der Waals surface area (Å²) in [5.74, 6) is 0.570. The van der Waals surface area contributed by atoms with Crippen LogP contribution in [0.3, 0.4) is 0 Å². The Morgan fingerprint density at radius 2 is 1.95 bits per heavy atom. The molecule has 0 aliphatic carbocycles. The Hall–Kier alpha value is -1.79. The third-order valence-electron chi connectivity index (χ3n) is 3.12. The molecule has 2 rings (SSSR count). The van der Waals surface area contributed by atoms with Crippen LogP contribution in [0.5, 0.6) is 5.75 Å². The molecule has 2 amide bonds. The quantitative estimate of drug-likeness (QED) is 0.618. The molecule has 0 radical (unpaired) electrons. The maximum atomic E-state index is 12.2. The summed E-state index contributed by atoms with van der Waals surface area (Å²) in [5, 5.41) is 2.90. The predicted octanol–water partition coefficient (Wildman–Crippen LogP) is 2.73. The van der Waals surface area contributed by atoms with Gasteiger partial charge >= 0.3 is 0 Å². The van der Waals surface area contributed by atoms with Crippen LogP contribution in [0.4, 0.5) is 4.79 Å². The molecule has 0 spiro atoms. The lowest BCUT2D eigenvalue weighted by Gasteiger charge is -2.11. The molecule has 1 fully saturated rings. The SMILES string of the molecule is CCNCCN1C(=O)S/C(=C/c2ccc(OCC)cc2)C1=O. The van der Waals surface area contributed by atoms with Gasteiger partial charge in [-0.2, -0.15) is 0 Å². The summed E-state index contributed by atoms with van der Waals surface area (Å²) in [6.07, 6.45) is 1.74. The van der Waals surface area contributed by atoms with Gasteiger partial charge in [-0.05, 0) is 49.0 Å². The molecular weight excluding hydrogens is 300 g/mol. The van der Waals surface area contributed by atoms with E-state index in [1.54, 1.807) is 6.08 Å². The van der Waals surface area contributed by atoms with Gasteiger partial charge in [0, 0.05) is 13.1 Å². The third kappa shape index (κ3) is 4.11. The number of ether oxygens (including phenoxy) is 1. The van der Waals surface area contributed by atoms with Gasteiger partial charge in [0.1, 0.15) is 5.75 Å². The monoisotopic (exact) mass is 320 g/mol. The summed E-state index contributed by atoms with van der Waals surface area (Å²) < 4.78 is 5.38. The lowest BCUT2D eigenvalue weighted by atomic mass is 10.2. The summed E-state index contributed by atoms with van der Waals surface area (Å²) in [6, 6.07) is 7.45. The van der Waals surface area contributed by atoms with Crippen LogP contribution in [0.1, 0.15) is 19.4 Å². The topological polar surface area (TPSA) is 58.6 Å². The van der Waals surface area contributed by atoms with Crippen molar-refractivity contribution in [1.29, 1.82) is 0 Å². The number of imide groups is 1. The van der Waals surface area contributed by atoms with Crippen molar-refractivity contribution in [1.82, 2.24) is 10.2 Å². The molecule has 1 aliphatic rings. The average molecular weight is 320 g/mol. The number of hydrogen-bond acceptors (Lipinski definition) is 5. The number of amides is 2. The number of thioether (sulfide) groups is 1. The van der Waals surface area contributed by atoms with E-state index in [2.05, 4.69) is 5.32 Å². The molecule has 1 aromatic rings. The van der Waals surface area contributed by atoms with Crippen molar-refractivity contribution in [3.05, 3.63) is 34.7 Å². The van der Waals surface area contributed by atoms with Crippen molar-refractivity contribution >= 4 is 29.0 Å². The number of nitrogens with zero attached hydrogens (tertiary/aromatic N) is 1. The molecule has 1 aromatic carbocycles. The molecule has 0 unspecified atom stereocenters. The van der Waals surface area contributed by atoms with Gasteiger partial charge in [0.05, 0.1) is 11.5 Å². The Morgan fingerprint density at radius 1 is 1.23 bits per heavy atom. The fourth-order valence-corrected chi connectivity index (χ4v) is 2.90. The van der Waals surface area contributed by atoms with Gasteiger partial charge < -0.3 is 10.1 Å². The first kappa shape index (κ1) is 16.6. The highest BCUT2D eigenvalue weighted by Crippen LogP contribution is 2.32. The molecule has 6 heteroatoms. The molecule has 5 nitrogen and oxygen atoms in total. The summed E-state index contributed by atoms with van der Waals surface area (Å²) in [7, 11) is 0. The van der Waals surface area contributed by atoms with E-state index >= 15 is 0 Å². The molecule has 22 heavy (non-hydrogen) atoms. The maximum absolute atomic E-state index is 12.2. The van der Waals surface area contributed by atoms with Crippen LogP contribution in [0.25, 0.3) is 6.08 Å². The van der Waals surface area contributed by atoms with Crippen molar-refractivity contribution in [2.75, 3.05) is 26.2 Å². The predicted molar refractivity (Wildman–Crippen MR) is 88.8 cm³/mol. The van der Waals surface area contributed by atoms with Gasteiger partial charge in [0.2, 0.25) is 0 Å². The second kappa shape index (κ2) is 8.00. The molecule has 0 atom stereocenters. The Kier molecular flexibility index (Phi) is 6.03. The second-order valence-corrected chi connectivity index (χ2v) is 5.68. The van der Waals surface area contributed by atoms with Crippen molar-refractivity contribution in [2.45, 2.75) is 13.8 Å². The first-order valence-electron chi connectivity index (χ1n) is 7.34. The van der Waals surface area contributed by atoms with Crippen LogP contribution < -0.4 is 10.1 Å². The first-order valence-corrected chi connectivity index (χ1v) is 8.16. The lowest BCUT2D eigenvalue weighted by molar-refractivity contribution is -0.122. The minimum atomic E-state index is -0.221. The standard InChI is InChI=1S/C16H20N2O3S/c1-3-17-9-10-18-15(19)14(22-16(18)20)11-12-5-7-13(8-6-12)21-4-2/h5-8,11,17H,3-4,9-10H2,1-2H3/b14-11+.